The molecule has 0 aliphatic rings. The first kappa shape index (κ1) is 14.0. The van der Waals surface area contributed by atoms with E-state index in [-0.39, 0.29) is 5.54 Å². The van der Waals surface area contributed by atoms with Gasteiger partial charge in [0.05, 0.1) is 22.3 Å². The van der Waals surface area contributed by atoms with E-state index in [1.807, 2.05) is 23.7 Å². The SMILES string of the molecule is CC(C)(C)NCc1nnc(Nc2ccc3ncsc3c2)o1. The smallest absolute Gasteiger partial charge is 0.320 e. The molecule has 0 saturated heterocycles. The van der Waals surface area contributed by atoms with Gasteiger partial charge in [0, 0.05) is 11.2 Å². The molecule has 0 amide bonds. The zero-order valence-electron chi connectivity index (χ0n) is 12.2. The van der Waals surface area contributed by atoms with E-state index >= 15 is 0 Å². The first-order valence-corrected chi connectivity index (χ1v) is 7.55. The highest BCUT2D eigenvalue weighted by atomic mass is 32.1. The minimum atomic E-state index is 0.0132. The third-order valence-electron chi connectivity index (χ3n) is 2.82. The second-order valence-corrected chi connectivity index (χ2v) is 6.65. The van der Waals surface area contributed by atoms with Gasteiger partial charge in [0.25, 0.3) is 0 Å². The van der Waals surface area contributed by atoms with Crippen molar-refractivity contribution in [2.45, 2.75) is 32.9 Å². The summed E-state index contributed by atoms with van der Waals surface area (Å²) >= 11 is 1.60. The number of rotatable bonds is 4. The quantitative estimate of drug-likeness (QED) is 0.770. The monoisotopic (exact) mass is 303 g/mol. The van der Waals surface area contributed by atoms with Crippen LogP contribution in [0.4, 0.5) is 11.7 Å². The van der Waals surface area contributed by atoms with Crippen molar-refractivity contribution in [3.05, 3.63) is 29.6 Å². The van der Waals surface area contributed by atoms with Gasteiger partial charge in [0.15, 0.2) is 0 Å². The predicted molar refractivity (Wildman–Crippen MR) is 83.8 cm³/mol. The molecule has 0 spiro atoms. The van der Waals surface area contributed by atoms with Gasteiger partial charge in [-0.3, -0.25) is 0 Å². The van der Waals surface area contributed by atoms with Crippen LogP contribution >= 0.6 is 11.3 Å². The van der Waals surface area contributed by atoms with Crippen LogP contribution in [0.2, 0.25) is 0 Å². The molecule has 2 aromatic heterocycles. The topological polar surface area (TPSA) is 75.9 Å². The molecule has 21 heavy (non-hydrogen) atoms. The molecule has 0 bridgehead atoms. The van der Waals surface area contributed by atoms with Gasteiger partial charge >= 0.3 is 6.01 Å². The molecular weight excluding hydrogens is 286 g/mol. The van der Waals surface area contributed by atoms with E-state index in [1.54, 1.807) is 11.3 Å². The molecule has 2 heterocycles. The lowest BCUT2D eigenvalue weighted by atomic mass is 10.1. The highest BCUT2D eigenvalue weighted by Crippen LogP contribution is 2.23. The maximum absolute atomic E-state index is 5.57. The van der Waals surface area contributed by atoms with Crippen LogP contribution in [0.25, 0.3) is 10.2 Å². The maximum Gasteiger partial charge on any atom is 0.320 e. The van der Waals surface area contributed by atoms with Crippen LogP contribution in [0, 0.1) is 0 Å². The molecule has 0 unspecified atom stereocenters. The Labute approximate surface area is 126 Å². The molecule has 1 aromatic carbocycles. The molecule has 3 rings (SSSR count). The van der Waals surface area contributed by atoms with Crippen LogP contribution in [0.15, 0.2) is 28.1 Å². The fraction of sp³-hybridized carbons (Fsp3) is 0.357. The van der Waals surface area contributed by atoms with Gasteiger partial charge in [-0.1, -0.05) is 5.10 Å². The highest BCUT2D eigenvalue weighted by molar-refractivity contribution is 7.16. The molecule has 0 radical (unpaired) electrons. The van der Waals surface area contributed by atoms with E-state index in [0.717, 1.165) is 15.9 Å². The van der Waals surface area contributed by atoms with Gasteiger partial charge in [0.1, 0.15) is 0 Å². The van der Waals surface area contributed by atoms with Crippen molar-refractivity contribution in [1.82, 2.24) is 20.5 Å². The number of fused-ring (bicyclic) bond motifs is 1. The summed E-state index contributed by atoms with van der Waals surface area (Å²) in [5.41, 5.74) is 3.74. The second kappa shape index (κ2) is 5.42. The van der Waals surface area contributed by atoms with E-state index in [1.165, 1.54) is 0 Å². The van der Waals surface area contributed by atoms with Crippen LogP contribution in [-0.2, 0) is 6.54 Å². The van der Waals surface area contributed by atoms with Crippen molar-refractivity contribution >= 4 is 33.3 Å². The molecule has 3 aromatic rings. The Morgan fingerprint density at radius 3 is 2.90 bits per heavy atom. The summed E-state index contributed by atoms with van der Waals surface area (Å²) in [7, 11) is 0. The van der Waals surface area contributed by atoms with E-state index < -0.39 is 0 Å². The van der Waals surface area contributed by atoms with E-state index in [0.29, 0.717) is 18.5 Å². The van der Waals surface area contributed by atoms with Crippen molar-refractivity contribution in [2.75, 3.05) is 5.32 Å². The maximum atomic E-state index is 5.57. The van der Waals surface area contributed by atoms with E-state index in [2.05, 4.69) is 46.6 Å². The minimum absolute atomic E-state index is 0.0132. The summed E-state index contributed by atoms with van der Waals surface area (Å²) < 4.78 is 6.69. The average molecular weight is 303 g/mol. The number of thiazole rings is 1. The van der Waals surface area contributed by atoms with Crippen molar-refractivity contribution < 1.29 is 4.42 Å². The summed E-state index contributed by atoms with van der Waals surface area (Å²) in [6.07, 6.45) is 0. The normalized spacial score (nSPS) is 12.0. The Morgan fingerprint density at radius 1 is 1.24 bits per heavy atom. The van der Waals surface area contributed by atoms with Crippen molar-refractivity contribution in [1.29, 1.82) is 0 Å². The lowest BCUT2D eigenvalue weighted by Gasteiger charge is -2.18. The summed E-state index contributed by atoms with van der Waals surface area (Å²) in [6, 6.07) is 6.32. The minimum Gasteiger partial charge on any atom is -0.406 e. The number of anilines is 2. The first-order chi connectivity index (χ1) is 9.99. The van der Waals surface area contributed by atoms with Gasteiger partial charge < -0.3 is 15.1 Å². The van der Waals surface area contributed by atoms with Gasteiger partial charge in [-0.05, 0) is 39.0 Å². The molecule has 6 nitrogen and oxygen atoms in total. The Morgan fingerprint density at radius 2 is 2.10 bits per heavy atom. The van der Waals surface area contributed by atoms with Gasteiger partial charge in [-0.25, -0.2) is 4.98 Å². The largest absolute Gasteiger partial charge is 0.406 e. The third-order valence-corrected chi connectivity index (χ3v) is 3.61. The van der Waals surface area contributed by atoms with Crippen molar-refractivity contribution in [3.8, 4) is 0 Å². The lowest BCUT2D eigenvalue weighted by molar-refractivity contribution is 0.384. The lowest BCUT2D eigenvalue weighted by Crippen LogP contribution is -2.35. The zero-order chi connectivity index (χ0) is 14.9. The fourth-order valence-electron chi connectivity index (χ4n) is 1.77. The fourth-order valence-corrected chi connectivity index (χ4v) is 2.49. The highest BCUT2D eigenvalue weighted by Gasteiger charge is 2.12. The zero-order valence-corrected chi connectivity index (χ0v) is 13.0. The molecule has 110 valence electrons. The van der Waals surface area contributed by atoms with Crippen LogP contribution in [0.5, 0.6) is 0 Å². The van der Waals surface area contributed by atoms with E-state index in [9.17, 15) is 0 Å². The van der Waals surface area contributed by atoms with Crippen LogP contribution in [-0.4, -0.2) is 20.7 Å². The first-order valence-electron chi connectivity index (χ1n) is 6.67. The summed E-state index contributed by atoms with van der Waals surface area (Å²) in [6.45, 7) is 6.82. The molecule has 0 saturated carbocycles. The Kier molecular flexibility index (Phi) is 3.60. The number of benzene rings is 1. The van der Waals surface area contributed by atoms with Gasteiger partial charge in [-0.15, -0.1) is 16.4 Å². The summed E-state index contributed by atoms with van der Waals surface area (Å²) in [5.74, 6) is 0.561. The Hall–Kier alpha value is -1.99. The number of nitrogens with one attached hydrogen (secondary N) is 2. The third kappa shape index (κ3) is 3.56. The number of aromatic nitrogens is 3. The molecule has 0 atom stereocenters. The van der Waals surface area contributed by atoms with Crippen molar-refractivity contribution in [2.24, 2.45) is 0 Å². The predicted octanol–water partition coefficient (Wildman–Crippen LogP) is 3.31. The van der Waals surface area contributed by atoms with Crippen LogP contribution in [0.1, 0.15) is 26.7 Å². The molecule has 7 heteroatoms. The molecule has 0 aliphatic heterocycles. The number of hydrogen-bond donors (Lipinski definition) is 2. The molecular formula is C14H17N5OS. The number of hydrogen-bond acceptors (Lipinski definition) is 7. The summed E-state index contributed by atoms with van der Waals surface area (Å²) in [4.78, 5) is 4.25. The molecule has 2 N–H and O–H groups in total. The second-order valence-electron chi connectivity index (χ2n) is 5.76. The molecule has 0 fully saturated rings. The Bertz CT molecular complexity index is 743. The molecule has 0 aliphatic carbocycles. The van der Waals surface area contributed by atoms with Gasteiger partial charge in [-0.2, -0.15) is 0 Å². The standard InChI is InChI=1S/C14H17N5OS/c1-14(2,3)16-7-12-18-19-13(20-12)17-9-4-5-10-11(6-9)21-8-15-10/h4-6,8,16H,7H2,1-3H3,(H,17,19). The Balaban J connectivity index is 1.68. The summed E-state index contributed by atoms with van der Waals surface area (Å²) in [5, 5.41) is 14.4. The van der Waals surface area contributed by atoms with Crippen molar-refractivity contribution in [3.63, 3.8) is 0 Å². The van der Waals surface area contributed by atoms with E-state index in [4.69, 9.17) is 4.42 Å². The van der Waals surface area contributed by atoms with Crippen LogP contribution in [0.3, 0.4) is 0 Å². The number of nitrogens with zero attached hydrogens (tertiary/aromatic N) is 3. The average Bonchev–Trinajstić information content (AvgIpc) is 3.04. The van der Waals surface area contributed by atoms with Gasteiger partial charge in [0.2, 0.25) is 5.89 Å². The van der Waals surface area contributed by atoms with Crippen LogP contribution < -0.4 is 10.6 Å².